The van der Waals surface area contributed by atoms with Crippen molar-refractivity contribution < 1.29 is 9.53 Å². The van der Waals surface area contributed by atoms with Crippen LogP contribution in [0.2, 0.25) is 0 Å². The lowest BCUT2D eigenvalue weighted by atomic mass is 9.93. The Morgan fingerprint density at radius 2 is 1.90 bits per heavy atom. The van der Waals surface area contributed by atoms with Crippen LogP contribution < -0.4 is 10.5 Å². The van der Waals surface area contributed by atoms with Crippen LogP contribution >= 0.6 is 28.3 Å². The molecule has 0 saturated carbocycles. The summed E-state index contributed by atoms with van der Waals surface area (Å²) in [5, 5.41) is 0. The van der Waals surface area contributed by atoms with Crippen molar-refractivity contribution in [1.82, 2.24) is 4.90 Å². The molecule has 0 radical (unpaired) electrons. The molecule has 0 bridgehead atoms. The molecule has 2 N–H and O–H groups in total. The van der Waals surface area contributed by atoms with Gasteiger partial charge in [-0.1, -0.05) is 29.8 Å². The minimum absolute atomic E-state index is 0. The van der Waals surface area contributed by atoms with Gasteiger partial charge in [0.05, 0.1) is 0 Å². The summed E-state index contributed by atoms with van der Waals surface area (Å²) < 4.78 is 6.43. The number of carbonyl (C=O) groups is 1. The van der Waals surface area contributed by atoms with Crippen LogP contribution in [0.15, 0.2) is 28.7 Å². The smallest absolute Gasteiger partial charge is 0.260 e. The predicted molar refractivity (Wildman–Crippen MR) is 87.4 cm³/mol. The molecule has 1 rings (SSSR count). The van der Waals surface area contributed by atoms with E-state index in [0.29, 0.717) is 18.8 Å². The molecule has 6 heteroatoms. The summed E-state index contributed by atoms with van der Waals surface area (Å²) in [6.07, 6.45) is 0. The fourth-order valence-electron chi connectivity index (χ4n) is 1.58. The number of nitrogens with two attached hydrogens (primary N) is 1. The molecule has 4 nitrogen and oxygen atoms in total. The number of halogens is 2. The number of hydrogen-bond donors (Lipinski definition) is 1. The molecule has 0 heterocycles. The van der Waals surface area contributed by atoms with Crippen molar-refractivity contribution in [2.45, 2.75) is 13.8 Å². The van der Waals surface area contributed by atoms with E-state index in [1.165, 1.54) is 0 Å². The van der Waals surface area contributed by atoms with E-state index in [9.17, 15) is 4.79 Å². The minimum atomic E-state index is -0.0813. The Hall–Kier alpha value is -0.780. The van der Waals surface area contributed by atoms with Crippen LogP contribution in [0.4, 0.5) is 0 Å². The third-order valence-corrected chi connectivity index (χ3v) is 3.35. The summed E-state index contributed by atoms with van der Waals surface area (Å²) >= 11 is 3.35. The number of ether oxygens (including phenoxy) is 1. The van der Waals surface area contributed by atoms with Gasteiger partial charge in [-0.05, 0) is 36.2 Å². The number of amides is 1. The van der Waals surface area contributed by atoms with Crippen LogP contribution in [0.5, 0.6) is 5.75 Å². The Bertz CT molecular complexity index is 424. The molecule has 0 fully saturated rings. The maximum Gasteiger partial charge on any atom is 0.260 e. The van der Waals surface area contributed by atoms with Gasteiger partial charge in [-0.3, -0.25) is 4.79 Å². The van der Waals surface area contributed by atoms with E-state index in [-0.39, 0.29) is 30.3 Å². The Kier molecular flexibility index (Phi) is 8.16. The molecule has 0 aromatic heterocycles. The molecule has 1 amide bonds. The Morgan fingerprint density at radius 3 is 2.40 bits per heavy atom. The van der Waals surface area contributed by atoms with E-state index in [1.807, 2.05) is 38.1 Å². The summed E-state index contributed by atoms with van der Waals surface area (Å²) in [6.45, 7) is 5.27. The molecule has 1 aromatic carbocycles. The third-order valence-electron chi connectivity index (χ3n) is 2.82. The Labute approximate surface area is 135 Å². The highest BCUT2D eigenvalue weighted by Crippen LogP contribution is 2.17. The summed E-state index contributed by atoms with van der Waals surface area (Å²) in [5.74, 6) is 0.632. The Balaban J connectivity index is 0.00000361. The van der Waals surface area contributed by atoms with E-state index in [1.54, 1.807) is 11.9 Å². The van der Waals surface area contributed by atoms with Crippen molar-refractivity contribution >= 4 is 34.2 Å². The van der Waals surface area contributed by atoms with Gasteiger partial charge in [-0.15, -0.1) is 12.4 Å². The van der Waals surface area contributed by atoms with E-state index in [0.717, 1.165) is 4.47 Å². The molecular formula is C14H22BrClN2O2. The quantitative estimate of drug-likeness (QED) is 0.843. The monoisotopic (exact) mass is 364 g/mol. The normalized spacial score (nSPS) is 10.7. The van der Waals surface area contributed by atoms with Gasteiger partial charge in [0.2, 0.25) is 0 Å². The third kappa shape index (κ3) is 6.59. The van der Waals surface area contributed by atoms with Gasteiger partial charge >= 0.3 is 0 Å². The van der Waals surface area contributed by atoms with E-state index >= 15 is 0 Å². The van der Waals surface area contributed by atoms with Gasteiger partial charge in [0.15, 0.2) is 6.61 Å². The molecule has 0 atom stereocenters. The zero-order valence-corrected chi connectivity index (χ0v) is 14.5. The lowest BCUT2D eigenvalue weighted by molar-refractivity contribution is -0.133. The van der Waals surface area contributed by atoms with Crippen molar-refractivity contribution in [1.29, 1.82) is 0 Å². The second-order valence-corrected chi connectivity index (χ2v) is 6.28. The van der Waals surface area contributed by atoms with Crippen molar-refractivity contribution in [3.05, 3.63) is 28.7 Å². The van der Waals surface area contributed by atoms with E-state index < -0.39 is 0 Å². The van der Waals surface area contributed by atoms with Gasteiger partial charge in [-0.25, -0.2) is 0 Å². The van der Waals surface area contributed by atoms with Gasteiger partial charge < -0.3 is 15.4 Å². The predicted octanol–water partition coefficient (Wildman–Crippen LogP) is 2.69. The van der Waals surface area contributed by atoms with Crippen molar-refractivity contribution in [2.24, 2.45) is 11.1 Å². The van der Waals surface area contributed by atoms with Crippen LogP contribution in [0.3, 0.4) is 0 Å². The van der Waals surface area contributed by atoms with Crippen molar-refractivity contribution in [3.63, 3.8) is 0 Å². The van der Waals surface area contributed by atoms with Crippen molar-refractivity contribution in [2.75, 3.05) is 26.7 Å². The first kappa shape index (κ1) is 19.2. The highest BCUT2D eigenvalue weighted by molar-refractivity contribution is 9.10. The fourth-order valence-corrected chi connectivity index (χ4v) is 1.85. The molecular weight excluding hydrogens is 344 g/mol. The van der Waals surface area contributed by atoms with Gasteiger partial charge in [0.1, 0.15) is 5.75 Å². The zero-order chi connectivity index (χ0) is 14.5. The fraction of sp³-hybridized carbons (Fsp3) is 0.500. The molecule has 114 valence electrons. The summed E-state index contributed by atoms with van der Waals surface area (Å²) in [6, 6.07) is 7.39. The minimum Gasteiger partial charge on any atom is -0.484 e. The second-order valence-electron chi connectivity index (χ2n) is 5.36. The van der Waals surface area contributed by atoms with Crippen LogP contribution in [-0.4, -0.2) is 37.6 Å². The van der Waals surface area contributed by atoms with Crippen LogP contribution in [-0.2, 0) is 4.79 Å². The number of likely N-dealkylation sites (N-methyl/N-ethyl adjacent to an activating group) is 1. The maximum atomic E-state index is 11.9. The number of nitrogens with zero attached hydrogens (tertiary/aromatic N) is 1. The number of benzene rings is 1. The highest BCUT2D eigenvalue weighted by Gasteiger charge is 2.21. The molecule has 0 spiro atoms. The molecule has 0 aliphatic carbocycles. The van der Waals surface area contributed by atoms with Crippen LogP contribution in [0.1, 0.15) is 13.8 Å². The van der Waals surface area contributed by atoms with Gasteiger partial charge in [-0.2, -0.15) is 0 Å². The first-order valence-electron chi connectivity index (χ1n) is 6.16. The van der Waals surface area contributed by atoms with E-state index in [2.05, 4.69) is 15.9 Å². The van der Waals surface area contributed by atoms with Crippen molar-refractivity contribution in [3.8, 4) is 5.75 Å². The average molecular weight is 366 g/mol. The number of hydrogen-bond acceptors (Lipinski definition) is 3. The summed E-state index contributed by atoms with van der Waals surface area (Å²) in [5.41, 5.74) is 5.58. The lowest BCUT2D eigenvalue weighted by Gasteiger charge is -2.29. The highest BCUT2D eigenvalue weighted by atomic mass is 79.9. The summed E-state index contributed by atoms with van der Waals surface area (Å²) in [7, 11) is 1.77. The molecule has 1 aromatic rings. The van der Waals surface area contributed by atoms with Gasteiger partial charge in [0.25, 0.3) is 5.91 Å². The molecule has 0 unspecified atom stereocenters. The molecule has 0 aliphatic rings. The SMILES string of the molecule is CN(CC(C)(C)CN)C(=O)COc1ccc(Br)cc1.Cl. The first-order chi connectivity index (χ1) is 8.84. The molecule has 0 saturated heterocycles. The second kappa shape index (κ2) is 8.49. The Morgan fingerprint density at radius 1 is 1.35 bits per heavy atom. The standard InChI is InChI=1S/C14H21BrN2O2.ClH/c1-14(2,9-16)10-17(3)13(18)8-19-12-6-4-11(15)5-7-12;/h4-7H,8-10,16H2,1-3H3;1H. The maximum absolute atomic E-state index is 11.9. The summed E-state index contributed by atoms with van der Waals surface area (Å²) in [4.78, 5) is 13.6. The first-order valence-corrected chi connectivity index (χ1v) is 6.96. The van der Waals surface area contributed by atoms with Crippen LogP contribution in [0, 0.1) is 5.41 Å². The van der Waals surface area contributed by atoms with Gasteiger partial charge in [0, 0.05) is 18.1 Å². The average Bonchev–Trinajstić information content (AvgIpc) is 2.37. The number of rotatable bonds is 6. The van der Waals surface area contributed by atoms with Crippen LogP contribution in [0.25, 0.3) is 0 Å². The molecule has 0 aliphatic heterocycles. The molecule has 20 heavy (non-hydrogen) atoms. The lowest BCUT2D eigenvalue weighted by Crippen LogP contribution is -2.41. The van der Waals surface area contributed by atoms with E-state index in [4.69, 9.17) is 10.5 Å². The zero-order valence-electron chi connectivity index (χ0n) is 12.1. The topological polar surface area (TPSA) is 55.6 Å². The largest absolute Gasteiger partial charge is 0.484 e. The number of carbonyl (C=O) groups excluding carboxylic acids is 1.